The summed E-state index contributed by atoms with van der Waals surface area (Å²) in [5, 5.41) is 0. The third-order valence-corrected chi connectivity index (χ3v) is 4.72. The second-order valence-electron chi connectivity index (χ2n) is 6.58. The maximum Gasteiger partial charge on any atom is 0.310 e. The lowest BCUT2D eigenvalue weighted by atomic mass is 10.1. The third kappa shape index (κ3) is 7.99. The molecule has 1 atom stereocenters. The van der Waals surface area contributed by atoms with Crippen LogP contribution in [0.4, 0.5) is 0 Å². The van der Waals surface area contributed by atoms with Gasteiger partial charge in [0.15, 0.2) is 6.61 Å². The Morgan fingerprint density at radius 1 is 1.04 bits per heavy atom. The normalized spacial score (nSPS) is 11.9. The third-order valence-electron chi connectivity index (χ3n) is 4.72. The minimum absolute atomic E-state index is 0.0440. The van der Waals surface area contributed by atoms with Gasteiger partial charge in [0.2, 0.25) is 0 Å². The fourth-order valence-electron chi connectivity index (χ4n) is 2.78. The monoisotopic (exact) mass is 378 g/mol. The van der Waals surface area contributed by atoms with Crippen molar-refractivity contribution < 1.29 is 19.1 Å². The van der Waals surface area contributed by atoms with Crippen LogP contribution in [0.15, 0.2) is 24.3 Å². The Hall–Kier alpha value is -2.08. The van der Waals surface area contributed by atoms with Gasteiger partial charge in [0.1, 0.15) is 5.75 Å². The molecule has 6 heteroatoms. The average Bonchev–Trinajstić information content (AvgIpc) is 2.71. The van der Waals surface area contributed by atoms with E-state index in [1.165, 1.54) is 12.7 Å². The molecule has 0 aliphatic heterocycles. The van der Waals surface area contributed by atoms with Gasteiger partial charge >= 0.3 is 5.97 Å². The zero-order valence-electron chi connectivity index (χ0n) is 17.4. The average molecular weight is 379 g/mol. The fourth-order valence-corrected chi connectivity index (χ4v) is 2.78. The van der Waals surface area contributed by atoms with Gasteiger partial charge in [-0.3, -0.25) is 9.59 Å². The molecule has 1 aromatic carbocycles. The van der Waals surface area contributed by atoms with E-state index in [2.05, 4.69) is 25.7 Å². The highest BCUT2D eigenvalue weighted by Crippen LogP contribution is 2.13. The maximum atomic E-state index is 12.7. The predicted molar refractivity (Wildman–Crippen MR) is 107 cm³/mol. The Morgan fingerprint density at radius 3 is 2.19 bits per heavy atom. The lowest BCUT2D eigenvalue weighted by Crippen LogP contribution is -2.44. The summed E-state index contributed by atoms with van der Waals surface area (Å²) in [6.07, 6.45) is 0.962. The van der Waals surface area contributed by atoms with Crippen LogP contribution in [-0.4, -0.2) is 68.1 Å². The number of likely N-dealkylation sites (N-methyl/N-ethyl adjacent to an activating group) is 1. The number of ether oxygens (including phenoxy) is 2. The van der Waals surface area contributed by atoms with E-state index in [0.29, 0.717) is 18.8 Å². The number of carbonyl (C=O) groups is 2. The first-order valence-electron chi connectivity index (χ1n) is 9.74. The Labute approximate surface area is 163 Å². The summed E-state index contributed by atoms with van der Waals surface area (Å²) in [5.74, 6) is -0.145. The van der Waals surface area contributed by atoms with E-state index in [9.17, 15) is 9.59 Å². The zero-order chi connectivity index (χ0) is 20.2. The lowest BCUT2D eigenvalue weighted by Gasteiger charge is -2.28. The number of carbonyl (C=O) groups excluding carboxylic acids is 2. The van der Waals surface area contributed by atoms with E-state index in [1.807, 2.05) is 24.3 Å². The van der Waals surface area contributed by atoms with Gasteiger partial charge in [-0.1, -0.05) is 39.8 Å². The molecule has 0 aliphatic rings. The summed E-state index contributed by atoms with van der Waals surface area (Å²) in [7, 11) is 1.37. The number of benzene rings is 1. The number of aryl methyl sites for hydroxylation is 1. The molecule has 0 radical (unpaired) electrons. The molecular formula is C21H34N2O4. The predicted octanol–water partition coefficient (Wildman–Crippen LogP) is 2.61. The number of esters is 1. The fraction of sp³-hybridized carbons (Fsp3) is 0.619. The standard InChI is InChI=1S/C21H34N2O4/c1-6-18-9-11-19(12-10-18)27-16-20(24)23(14-13-22(7-2)8-3)15-17(4)21(25)26-5/h9-12,17H,6-8,13-16H2,1-5H3. The van der Waals surface area contributed by atoms with Crippen LogP contribution < -0.4 is 4.74 Å². The molecule has 1 amide bonds. The minimum Gasteiger partial charge on any atom is -0.484 e. The molecular weight excluding hydrogens is 344 g/mol. The van der Waals surface area contributed by atoms with Crippen LogP contribution in [0.25, 0.3) is 0 Å². The van der Waals surface area contributed by atoms with Gasteiger partial charge in [-0.2, -0.15) is 0 Å². The molecule has 1 aromatic rings. The summed E-state index contributed by atoms with van der Waals surface area (Å²) >= 11 is 0. The van der Waals surface area contributed by atoms with E-state index in [4.69, 9.17) is 9.47 Å². The van der Waals surface area contributed by atoms with E-state index in [0.717, 1.165) is 26.1 Å². The van der Waals surface area contributed by atoms with Crippen molar-refractivity contribution in [2.75, 3.05) is 46.4 Å². The van der Waals surface area contributed by atoms with Crippen molar-refractivity contribution in [3.8, 4) is 5.75 Å². The van der Waals surface area contributed by atoms with Crippen LogP contribution in [0.1, 0.15) is 33.3 Å². The molecule has 0 fully saturated rings. The molecule has 0 N–H and O–H groups in total. The smallest absolute Gasteiger partial charge is 0.310 e. The Balaban J connectivity index is 2.69. The molecule has 0 heterocycles. The van der Waals surface area contributed by atoms with Crippen LogP contribution in [0.3, 0.4) is 0 Å². The molecule has 0 aliphatic carbocycles. The largest absolute Gasteiger partial charge is 0.484 e. The molecule has 1 unspecified atom stereocenters. The molecule has 1 rings (SSSR count). The summed E-state index contributed by atoms with van der Waals surface area (Å²) in [6, 6.07) is 7.75. The number of methoxy groups -OCH3 is 1. The quantitative estimate of drug-likeness (QED) is 0.523. The van der Waals surface area contributed by atoms with Gasteiger partial charge in [-0.15, -0.1) is 0 Å². The molecule has 0 saturated carbocycles. The van der Waals surface area contributed by atoms with Crippen molar-refractivity contribution in [1.82, 2.24) is 9.80 Å². The van der Waals surface area contributed by atoms with Crippen molar-refractivity contribution in [2.45, 2.75) is 34.1 Å². The van der Waals surface area contributed by atoms with Crippen LogP contribution in [0.5, 0.6) is 5.75 Å². The van der Waals surface area contributed by atoms with Gasteiger partial charge in [-0.05, 0) is 37.2 Å². The van der Waals surface area contributed by atoms with Gasteiger partial charge in [-0.25, -0.2) is 0 Å². The highest BCUT2D eigenvalue weighted by atomic mass is 16.5. The number of hydrogen-bond acceptors (Lipinski definition) is 5. The van der Waals surface area contributed by atoms with E-state index in [1.54, 1.807) is 11.8 Å². The second-order valence-corrected chi connectivity index (χ2v) is 6.58. The van der Waals surface area contributed by atoms with Crippen molar-refractivity contribution >= 4 is 11.9 Å². The molecule has 0 spiro atoms. The molecule has 27 heavy (non-hydrogen) atoms. The molecule has 0 saturated heterocycles. The summed E-state index contributed by atoms with van der Waals surface area (Å²) in [6.45, 7) is 11.5. The van der Waals surface area contributed by atoms with Crippen molar-refractivity contribution in [2.24, 2.45) is 5.92 Å². The highest BCUT2D eigenvalue weighted by molar-refractivity contribution is 5.79. The number of amides is 1. The van der Waals surface area contributed by atoms with Crippen molar-refractivity contribution in [3.05, 3.63) is 29.8 Å². The first kappa shape index (κ1) is 23.0. The van der Waals surface area contributed by atoms with Crippen LogP contribution in [0.2, 0.25) is 0 Å². The number of rotatable bonds is 12. The van der Waals surface area contributed by atoms with Gasteiger partial charge < -0.3 is 19.3 Å². The van der Waals surface area contributed by atoms with Gasteiger partial charge in [0.05, 0.1) is 13.0 Å². The SMILES string of the molecule is CCc1ccc(OCC(=O)N(CCN(CC)CC)CC(C)C(=O)OC)cc1. The molecule has 0 bridgehead atoms. The topological polar surface area (TPSA) is 59.1 Å². The molecule has 6 nitrogen and oxygen atoms in total. The van der Waals surface area contributed by atoms with E-state index < -0.39 is 0 Å². The highest BCUT2D eigenvalue weighted by Gasteiger charge is 2.22. The first-order valence-corrected chi connectivity index (χ1v) is 9.74. The summed E-state index contributed by atoms with van der Waals surface area (Å²) in [4.78, 5) is 28.4. The van der Waals surface area contributed by atoms with E-state index in [-0.39, 0.29) is 24.4 Å². The Morgan fingerprint density at radius 2 is 1.67 bits per heavy atom. The van der Waals surface area contributed by atoms with Crippen LogP contribution >= 0.6 is 0 Å². The Bertz CT molecular complexity index is 570. The zero-order valence-corrected chi connectivity index (χ0v) is 17.4. The first-order chi connectivity index (χ1) is 12.9. The van der Waals surface area contributed by atoms with E-state index >= 15 is 0 Å². The second kappa shape index (κ2) is 12.3. The molecule has 0 aromatic heterocycles. The molecule has 152 valence electrons. The summed E-state index contributed by atoms with van der Waals surface area (Å²) < 4.78 is 10.4. The van der Waals surface area contributed by atoms with Crippen LogP contribution in [0, 0.1) is 5.92 Å². The summed E-state index contributed by atoms with van der Waals surface area (Å²) in [5.41, 5.74) is 1.22. The van der Waals surface area contributed by atoms with Gasteiger partial charge in [0, 0.05) is 19.6 Å². The minimum atomic E-state index is -0.375. The Kier molecular flexibility index (Phi) is 10.5. The van der Waals surface area contributed by atoms with Crippen molar-refractivity contribution in [3.63, 3.8) is 0 Å². The number of nitrogens with zero attached hydrogens (tertiary/aromatic N) is 2. The van der Waals surface area contributed by atoms with Gasteiger partial charge in [0.25, 0.3) is 5.91 Å². The van der Waals surface area contributed by atoms with Crippen molar-refractivity contribution in [1.29, 1.82) is 0 Å². The maximum absolute atomic E-state index is 12.7. The van der Waals surface area contributed by atoms with Crippen LogP contribution in [-0.2, 0) is 20.7 Å². The lowest BCUT2D eigenvalue weighted by molar-refractivity contribution is -0.146. The number of hydrogen-bond donors (Lipinski definition) is 0.